The van der Waals surface area contributed by atoms with Gasteiger partial charge in [-0.05, 0) is 63.0 Å². The zero-order chi connectivity index (χ0) is 23.7. The molecule has 176 valence electrons. The second kappa shape index (κ2) is 9.69. The number of hydrogen-bond acceptors (Lipinski definition) is 4. The fourth-order valence-corrected chi connectivity index (χ4v) is 5.88. The van der Waals surface area contributed by atoms with Gasteiger partial charge in [-0.15, -0.1) is 0 Å². The molecule has 1 saturated carbocycles. The molecule has 2 aliphatic carbocycles. The Morgan fingerprint density at radius 3 is 2.29 bits per heavy atom. The number of ether oxygens (including phenoxy) is 1. The largest absolute Gasteiger partial charge is 0.462 e. The number of carbonyl (C=O) groups excluding carboxylic acids is 2. The van der Waals surface area contributed by atoms with Crippen LogP contribution in [0.3, 0.4) is 0 Å². The lowest BCUT2D eigenvalue weighted by Crippen LogP contribution is -2.39. The lowest BCUT2D eigenvalue weighted by atomic mass is 9.69. The Kier molecular flexibility index (Phi) is 6.49. The highest BCUT2D eigenvalue weighted by molar-refractivity contribution is 6.09. The molecular weight excluding hydrogens is 422 g/mol. The molecule has 34 heavy (non-hydrogen) atoms. The van der Waals surface area contributed by atoms with Crippen LogP contribution in [0.1, 0.15) is 80.4 Å². The summed E-state index contributed by atoms with van der Waals surface area (Å²) in [6.07, 6.45) is 6.41. The molecule has 4 heteroatoms. The van der Waals surface area contributed by atoms with E-state index in [0.717, 1.165) is 54.6 Å². The lowest BCUT2D eigenvalue weighted by molar-refractivity contribution is -0.153. The zero-order valence-electron chi connectivity index (χ0n) is 20.1. The SMILES string of the molecule is CC1=NC2=C(C(=O)CC(c3ccccc3)C2)C(c2ccc(C)cc2)C1C(=O)OC1CCCCC1. The second-order valence-corrected chi connectivity index (χ2v) is 10.1. The van der Waals surface area contributed by atoms with Crippen LogP contribution in [0, 0.1) is 12.8 Å². The number of rotatable bonds is 4. The highest BCUT2D eigenvalue weighted by atomic mass is 16.5. The summed E-state index contributed by atoms with van der Waals surface area (Å²) < 4.78 is 6.03. The van der Waals surface area contributed by atoms with Crippen LogP contribution < -0.4 is 0 Å². The molecule has 0 N–H and O–H groups in total. The van der Waals surface area contributed by atoms with Crippen LogP contribution in [0.5, 0.6) is 0 Å². The fraction of sp³-hybridized carbons (Fsp3) is 0.433. The van der Waals surface area contributed by atoms with E-state index in [1.165, 1.54) is 12.0 Å². The molecule has 2 aromatic rings. The quantitative estimate of drug-likeness (QED) is 0.498. The maximum atomic E-state index is 13.6. The predicted octanol–water partition coefficient (Wildman–Crippen LogP) is 6.45. The minimum atomic E-state index is -0.555. The number of aliphatic imine (C=N–C) groups is 1. The molecule has 4 nitrogen and oxygen atoms in total. The van der Waals surface area contributed by atoms with E-state index in [0.29, 0.717) is 12.0 Å². The molecule has 0 spiro atoms. The van der Waals surface area contributed by atoms with Gasteiger partial charge in [-0.1, -0.05) is 66.6 Å². The minimum absolute atomic E-state index is 0.0207. The van der Waals surface area contributed by atoms with E-state index >= 15 is 0 Å². The van der Waals surface area contributed by atoms with Crippen LogP contribution in [0.2, 0.25) is 0 Å². The van der Waals surface area contributed by atoms with Crippen molar-refractivity contribution in [2.24, 2.45) is 10.9 Å². The Balaban J connectivity index is 1.52. The number of nitrogens with zero attached hydrogens (tertiary/aromatic N) is 1. The Hall–Kier alpha value is -3.01. The van der Waals surface area contributed by atoms with Gasteiger partial charge in [0.1, 0.15) is 12.0 Å². The Labute approximate surface area is 202 Å². The molecule has 1 fully saturated rings. The first-order valence-corrected chi connectivity index (χ1v) is 12.6. The number of hydrogen-bond donors (Lipinski definition) is 0. The highest BCUT2D eigenvalue weighted by Gasteiger charge is 2.45. The van der Waals surface area contributed by atoms with Crippen LogP contribution in [0.4, 0.5) is 0 Å². The smallest absolute Gasteiger partial charge is 0.315 e. The van der Waals surface area contributed by atoms with Crippen molar-refractivity contribution in [2.75, 3.05) is 0 Å². The molecule has 3 unspecified atom stereocenters. The zero-order valence-corrected chi connectivity index (χ0v) is 20.1. The second-order valence-electron chi connectivity index (χ2n) is 10.1. The van der Waals surface area contributed by atoms with Crippen LogP contribution in [0.15, 0.2) is 70.9 Å². The molecule has 5 rings (SSSR count). The van der Waals surface area contributed by atoms with Gasteiger partial charge in [0.15, 0.2) is 5.78 Å². The molecule has 0 radical (unpaired) electrons. The molecule has 1 heterocycles. The van der Waals surface area contributed by atoms with Gasteiger partial charge in [0.05, 0.1) is 0 Å². The van der Waals surface area contributed by atoms with E-state index in [2.05, 4.69) is 36.4 Å². The molecule has 0 amide bonds. The molecule has 0 bridgehead atoms. The molecule has 3 atom stereocenters. The average molecular weight is 456 g/mol. The van der Waals surface area contributed by atoms with Crippen LogP contribution in [-0.2, 0) is 14.3 Å². The summed E-state index contributed by atoms with van der Waals surface area (Å²) in [7, 11) is 0. The van der Waals surface area contributed by atoms with E-state index in [-0.39, 0.29) is 29.7 Å². The van der Waals surface area contributed by atoms with E-state index < -0.39 is 5.92 Å². The van der Waals surface area contributed by atoms with Crippen molar-refractivity contribution in [3.8, 4) is 0 Å². The van der Waals surface area contributed by atoms with Crippen molar-refractivity contribution in [1.29, 1.82) is 0 Å². The third kappa shape index (κ3) is 4.51. The van der Waals surface area contributed by atoms with Crippen molar-refractivity contribution in [2.45, 2.75) is 76.7 Å². The van der Waals surface area contributed by atoms with Crippen LogP contribution >= 0.6 is 0 Å². The van der Waals surface area contributed by atoms with Gasteiger partial charge in [-0.3, -0.25) is 14.6 Å². The number of esters is 1. The van der Waals surface area contributed by atoms with Crippen molar-refractivity contribution in [1.82, 2.24) is 0 Å². The summed E-state index contributed by atoms with van der Waals surface area (Å²) in [6.45, 7) is 3.97. The van der Waals surface area contributed by atoms with Gasteiger partial charge < -0.3 is 4.74 Å². The first-order valence-electron chi connectivity index (χ1n) is 12.6. The maximum Gasteiger partial charge on any atom is 0.315 e. The summed E-state index contributed by atoms with van der Waals surface area (Å²) in [5.41, 5.74) is 5.62. The number of Topliss-reactive ketones (excluding diaryl/α,β-unsaturated/α-hetero) is 1. The fourth-order valence-electron chi connectivity index (χ4n) is 5.88. The van der Waals surface area contributed by atoms with E-state index in [1.54, 1.807) is 0 Å². The minimum Gasteiger partial charge on any atom is -0.462 e. The first-order chi connectivity index (χ1) is 16.5. The Bertz CT molecular complexity index is 1120. The number of benzene rings is 2. The standard InChI is InChI=1S/C30H33NO3/c1-19-13-15-22(16-14-19)28-27(30(33)34-24-11-7-4-8-12-24)20(2)31-25-17-23(18-26(32)29(25)28)21-9-5-3-6-10-21/h3,5-6,9-10,13-16,23-24,27-28H,4,7-8,11-12,17-18H2,1-2H3. The number of aryl methyl sites for hydroxylation is 1. The summed E-state index contributed by atoms with van der Waals surface area (Å²) in [5.74, 6) is -0.905. The number of allylic oxidation sites excluding steroid dienone is 2. The monoisotopic (exact) mass is 455 g/mol. The summed E-state index contributed by atoms with van der Waals surface area (Å²) in [6, 6.07) is 18.4. The Morgan fingerprint density at radius 2 is 1.59 bits per heavy atom. The van der Waals surface area contributed by atoms with Gasteiger partial charge in [0.2, 0.25) is 0 Å². The lowest BCUT2D eigenvalue weighted by Gasteiger charge is -2.37. The predicted molar refractivity (Wildman–Crippen MR) is 134 cm³/mol. The van der Waals surface area contributed by atoms with Gasteiger partial charge >= 0.3 is 5.97 Å². The summed E-state index contributed by atoms with van der Waals surface area (Å²) in [5, 5.41) is 0. The first kappa shape index (κ1) is 22.8. The highest BCUT2D eigenvalue weighted by Crippen LogP contribution is 2.47. The number of ketones is 1. The van der Waals surface area contributed by atoms with Gasteiger partial charge in [-0.2, -0.15) is 0 Å². The maximum absolute atomic E-state index is 13.6. The van der Waals surface area contributed by atoms with Gasteiger partial charge in [0, 0.05) is 29.3 Å². The normalized spacial score (nSPS) is 25.5. The van der Waals surface area contributed by atoms with Crippen LogP contribution in [0.25, 0.3) is 0 Å². The molecule has 3 aliphatic rings. The van der Waals surface area contributed by atoms with E-state index in [1.807, 2.05) is 32.0 Å². The van der Waals surface area contributed by atoms with Gasteiger partial charge in [0.25, 0.3) is 0 Å². The third-order valence-corrected chi connectivity index (χ3v) is 7.68. The average Bonchev–Trinajstić information content (AvgIpc) is 2.84. The number of carbonyl (C=O) groups is 2. The van der Waals surface area contributed by atoms with Gasteiger partial charge in [-0.25, -0.2) is 0 Å². The van der Waals surface area contributed by atoms with Crippen molar-refractivity contribution >= 4 is 17.5 Å². The van der Waals surface area contributed by atoms with Crippen molar-refractivity contribution in [3.05, 3.63) is 82.6 Å². The topological polar surface area (TPSA) is 55.7 Å². The molecular formula is C30H33NO3. The molecule has 2 aromatic carbocycles. The van der Waals surface area contributed by atoms with Crippen molar-refractivity contribution in [3.63, 3.8) is 0 Å². The molecule has 1 aliphatic heterocycles. The molecule has 0 saturated heterocycles. The van der Waals surface area contributed by atoms with Crippen molar-refractivity contribution < 1.29 is 14.3 Å². The third-order valence-electron chi connectivity index (χ3n) is 7.68. The summed E-state index contributed by atoms with van der Waals surface area (Å²) in [4.78, 5) is 32.1. The summed E-state index contributed by atoms with van der Waals surface area (Å²) >= 11 is 0. The molecule has 0 aromatic heterocycles. The Morgan fingerprint density at radius 1 is 0.882 bits per heavy atom. The van der Waals surface area contributed by atoms with E-state index in [9.17, 15) is 9.59 Å². The van der Waals surface area contributed by atoms with Crippen LogP contribution in [-0.4, -0.2) is 23.6 Å². The van der Waals surface area contributed by atoms with E-state index in [4.69, 9.17) is 9.73 Å².